The molecule has 2 aromatic carbocycles. The molecule has 2 nitrogen and oxygen atoms in total. The van der Waals surface area contributed by atoms with Gasteiger partial charge in [-0.15, -0.1) is 11.6 Å². The van der Waals surface area contributed by atoms with Crippen LogP contribution in [0.3, 0.4) is 0 Å². The summed E-state index contributed by atoms with van der Waals surface area (Å²) in [5.74, 6) is 0. The topological polar surface area (TPSA) is 34.1 Å². The van der Waals surface area contributed by atoms with Crippen LogP contribution in [0.2, 0.25) is 5.02 Å². The predicted octanol–water partition coefficient (Wildman–Crippen LogP) is 4.02. The minimum Gasteiger partial charge on any atom is -0.223 e. The van der Waals surface area contributed by atoms with Gasteiger partial charge in [-0.3, -0.25) is 0 Å². The molecule has 2 atom stereocenters. The van der Waals surface area contributed by atoms with E-state index in [0.29, 0.717) is 11.4 Å². The molecule has 104 valence electrons. The van der Waals surface area contributed by atoms with Crippen molar-refractivity contribution in [2.45, 2.75) is 21.9 Å². The highest BCUT2D eigenvalue weighted by molar-refractivity contribution is 7.92. The molecule has 1 aliphatic rings. The lowest BCUT2D eigenvalue weighted by Gasteiger charge is -2.15. The van der Waals surface area contributed by atoms with Gasteiger partial charge in [0.05, 0.1) is 15.5 Å². The summed E-state index contributed by atoms with van der Waals surface area (Å²) in [6, 6.07) is 13.8. The van der Waals surface area contributed by atoms with Gasteiger partial charge in [0.1, 0.15) is 0 Å². The lowest BCUT2D eigenvalue weighted by Crippen LogP contribution is -2.23. The minimum absolute atomic E-state index is 0.269. The normalized spacial score (nSPS) is 21.7. The van der Waals surface area contributed by atoms with Gasteiger partial charge in [-0.1, -0.05) is 35.9 Å². The number of halogens is 2. The average Bonchev–Trinajstić information content (AvgIpc) is 2.78. The summed E-state index contributed by atoms with van der Waals surface area (Å²) in [7, 11) is -3.46. The molecule has 2 aromatic rings. The summed E-state index contributed by atoms with van der Waals surface area (Å²) in [4.78, 5) is 0.269. The van der Waals surface area contributed by atoms with E-state index in [-0.39, 0.29) is 4.90 Å². The fourth-order valence-corrected chi connectivity index (χ4v) is 5.14. The number of fused-ring (bicyclic) bond motifs is 1. The van der Waals surface area contributed by atoms with E-state index in [9.17, 15) is 8.42 Å². The quantitative estimate of drug-likeness (QED) is 0.781. The summed E-state index contributed by atoms with van der Waals surface area (Å²) in [5, 5.41) is -0.615. The monoisotopic (exact) mass is 326 g/mol. The fraction of sp³-hybridized carbons (Fsp3) is 0.200. The molecule has 1 aliphatic carbocycles. The van der Waals surface area contributed by atoms with E-state index in [1.165, 1.54) is 12.1 Å². The number of rotatable bonds is 2. The lowest BCUT2D eigenvalue weighted by atomic mass is 10.1. The van der Waals surface area contributed by atoms with Crippen molar-refractivity contribution in [1.82, 2.24) is 0 Å². The number of sulfone groups is 1. The summed E-state index contributed by atoms with van der Waals surface area (Å²) in [6.45, 7) is 0. The van der Waals surface area contributed by atoms with Crippen molar-refractivity contribution >= 4 is 33.0 Å². The van der Waals surface area contributed by atoms with Crippen molar-refractivity contribution in [3.63, 3.8) is 0 Å². The van der Waals surface area contributed by atoms with Crippen molar-refractivity contribution in [3.05, 3.63) is 64.7 Å². The standard InChI is InChI=1S/C15H12Cl2O2S/c16-11-5-7-12(8-6-11)20(18,19)14-9-10-3-1-2-4-13(10)15(14)17/h1-8,14-15H,9H2/t14-,15+/m0/s1. The summed E-state index contributed by atoms with van der Waals surface area (Å²) in [5.41, 5.74) is 1.92. The highest BCUT2D eigenvalue weighted by Crippen LogP contribution is 2.41. The van der Waals surface area contributed by atoms with Gasteiger partial charge >= 0.3 is 0 Å². The zero-order chi connectivity index (χ0) is 14.3. The van der Waals surface area contributed by atoms with E-state index >= 15 is 0 Å². The Bertz CT molecular complexity index is 739. The molecule has 0 spiro atoms. The first-order valence-electron chi connectivity index (χ1n) is 6.21. The first-order chi connectivity index (χ1) is 9.50. The summed E-state index contributed by atoms with van der Waals surface area (Å²) < 4.78 is 25.4. The van der Waals surface area contributed by atoms with Crippen LogP contribution in [0.15, 0.2) is 53.4 Å². The highest BCUT2D eigenvalue weighted by atomic mass is 35.5. The van der Waals surface area contributed by atoms with Crippen molar-refractivity contribution in [2.24, 2.45) is 0 Å². The van der Waals surface area contributed by atoms with E-state index in [1.54, 1.807) is 12.1 Å². The zero-order valence-corrected chi connectivity index (χ0v) is 12.8. The first kappa shape index (κ1) is 13.9. The van der Waals surface area contributed by atoms with Gasteiger partial charge in [-0.2, -0.15) is 0 Å². The third-order valence-electron chi connectivity index (χ3n) is 3.64. The molecule has 0 N–H and O–H groups in total. The molecule has 5 heteroatoms. The second-order valence-electron chi connectivity index (χ2n) is 4.84. The molecule has 0 fully saturated rings. The number of hydrogen-bond donors (Lipinski definition) is 0. The number of benzene rings is 2. The largest absolute Gasteiger partial charge is 0.223 e. The van der Waals surface area contributed by atoms with Crippen molar-refractivity contribution in [3.8, 4) is 0 Å². The number of hydrogen-bond acceptors (Lipinski definition) is 2. The summed E-state index contributed by atoms with van der Waals surface area (Å²) in [6.07, 6.45) is 0.454. The van der Waals surface area contributed by atoms with E-state index in [1.807, 2.05) is 24.3 Å². The number of alkyl halides is 1. The molecule has 0 unspecified atom stereocenters. The Balaban J connectivity index is 2.00. The van der Waals surface area contributed by atoms with Crippen LogP contribution >= 0.6 is 23.2 Å². The van der Waals surface area contributed by atoms with Crippen LogP contribution in [0.25, 0.3) is 0 Å². The van der Waals surface area contributed by atoms with Crippen LogP contribution < -0.4 is 0 Å². The molecule has 3 rings (SSSR count). The molecule has 0 aliphatic heterocycles. The Morgan fingerprint density at radius 2 is 1.65 bits per heavy atom. The first-order valence-corrected chi connectivity index (χ1v) is 8.57. The van der Waals surface area contributed by atoms with E-state index in [4.69, 9.17) is 23.2 Å². The van der Waals surface area contributed by atoms with Crippen LogP contribution in [-0.4, -0.2) is 13.7 Å². The second-order valence-corrected chi connectivity index (χ2v) is 7.92. The molecule has 20 heavy (non-hydrogen) atoms. The molecular formula is C15H12Cl2O2S. The van der Waals surface area contributed by atoms with Crippen LogP contribution in [0.4, 0.5) is 0 Å². The maximum absolute atomic E-state index is 12.7. The van der Waals surface area contributed by atoms with E-state index in [2.05, 4.69) is 0 Å². The van der Waals surface area contributed by atoms with Crippen molar-refractivity contribution in [2.75, 3.05) is 0 Å². The molecule has 0 heterocycles. The molecule has 0 bridgehead atoms. The maximum atomic E-state index is 12.7. The minimum atomic E-state index is -3.46. The van der Waals surface area contributed by atoms with Gasteiger partial charge in [-0.05, 0) is 41.8 Å². The van der Waals surface area contributed by atoms with E-state index < -0.39 is 20.5 Å². The van der Waals surface area contributed by atoms with Gasteiger partial charge < -0.3 is 0 Å². The van der Waals surface area contributed by atoms with Gasteiger partial charge in [0, 0.05) is 5.02 Å². The zero-order valence-electron chi connectivity index (χ0n) is 10.5. The Morgan fingerprint density at radius 1 is 1.00 bits per heavy atom. The van der Waals surface area contributed by atoms with Crippen molar-refractivity contribution < 1.29 is 8.42 Å². The molecule has 0 saturated carbocycles. The van der Waals surface area contributed by atoms with Gasteiger partial charge in [-0.25, -0.2) is 8.42 Å². The Labute approximate surface area is 128 Å². The molecule has 0 saturated heterocycles. The predicted molar refractivity (Wildman–Crippen MR) is 81.2 cm³/mol. The van der Waals surface area contributed by atoms with Gasteiger partial charge in [0.15, 0.2) is 9.84 Å². The summed E-state index contributed by atoms with van der Waals surface area (Å²) >= 11 is 12.2. The van der Waals surface area contributed by atoms with E-state index in [0.717, 1.165) is 11.1 Å². The van der Waals surface area contributed by atoms with Crippen LogP contribution in [0.1, 0.15) is 16.5 Å². The third kappa shape index (κ3) is 2.24. The molecule has 0 amide bonds. The third-order valence-corrected chi connectivity index (χ3v) is 6.75. The Hall–Kier alpha value is -1.03. The fourth-order valence-electron chi connectivity index (χ4n) is 2.58. The average molecular weight is 327 g/mol. The van der Waals surface area contributed by atoms with Crippen LogP contribution in [0.5, 0.6) is 0 Å². The van der Waals surface area contributed by atoms with Crippen molar-refractivity contribution in [1.29, 1.82) is 0 Å². The maximum Gasteiger partial charge on any atom is 0.183 e. The smallest absolute Gasteiger partial charge is 0.183 e. The SMILES string of the molecule is O=S(=O)(c1ccc(Cl)cc1)[C@H]1Cc2ccccc2[C@H]1Cl. The van der Waals surface area contributed by atoms with Crippen LogP contribution in [-0.2, 0) is 16.3 Å². The Kier molecular flexibility index (Phi) is 3.53. The highest BCUT2D eigenvalue weighted by Gasteiger charge is 2.40. The molecule has 0 radical (unpaired) electrons. The molecule has 0 aromatic heterocycles. The van der Waals surface area contributed by atoms with Gasteiger partial charge in [0.25, 0.3) is 0 Å². The second kappa shape index (κ2) is 5.06. The van der Waals surface area contributed by atoms with Gasteiger partial charge in [0.2, 0.25) is 0 Å². The molecular weight excluding hydrogens is 315 g/mol. The van der Waals surface area contributed by atoms with Crippen LogP contribution in [0, 0.1) is 0 Å². The lowest BCUT2D eigenvalue weighted by molar-refractivity contribution is 0.579. The Morgan fingerprint density at radius 3 is 2.30 bits per heavy atom.